The van der Waals surface area contributed by atoms with Gasteiger partial charge in [-0.3, -0.25) is 4.90 Å². The van der Waals surface area contributed by atoms with Gasteiger partial charge in [-0.25, -0.2) is 0 Å². The van der Waals surface area contributed by atoms with Gasteiger partial charge < -0.3 is 10.1 Å². The molecular formula is C14H30N2O. The lowest BCUT2D eigenvalue weighted by atomic mass is 9.96. The summed E-state index contributed by atoms with van der Waals surface area (Å²) >= 11 is 0. The second-order valence-electron chi connectivity index (χ2n) is 5.29. The van der Waals surface area contributed by atoms with Crippen molar-refractivity contribution >= 4 is 0 Å². The fourth-order valence-corrected chi connectivity index (χ4v) is 2.97. The Labute approximate surface area is 107 Å². The molecule has 0 aromatic rings. The molecule has 1 aliphatic heterocycles. The molecule has 1 rings (SSSR count). The molecule has 3 nitrogen and oxygen atoms in total. The summed E-state index contributed by atoms with van der Waals surface area (Å²) in [5.41, 5.74) is 0. The first-order chi connectivity index (χ1) is 8.31. The smallest absolute Gasteiger partial charge is 0.0630 e. The predicted octanol–water partition coefficient (Wildman–Crippen LogP) is 2.12. The Kier molecular flexibility index (Phi) is 7.82. The number of nitrogens with zero attached hydrogens (tertiary/aromatic N) is 1. The molecular weight excluding hydrogens is 212 g/mol. The van der Waals surface area contributed by atoms with Gasteiger partial charge in [0.05, 0.1) is 6.61 Å². The summed E-state index contributed by atoms with van der Waals surface area (Å²) in [5, 5.41) is 3.29. The molecule has 3 heteroatoms. The van der Waals surface area contributed by atoms with Crippen LogP contribution in [-0.4, -0.2) is 51.3 Å². The quantitative estimate of drug-likeness (QED) is 0.740. The highest BCUT2D eigenvalue weighted by Gasteiger charge is 2.22. The fraction of sp³-hybridized carbons (Fsp3) is 1.00. The zero-order chi connectivity index (χ0) is 12.5. The Bertz CT molecular complexity index is 181. The maximum absolute atomic E-state index is 5.34. The van der Waals surface area contributed by atoms with Crippen LogP contribution in [0.25, 0.3) is 0 Å². The maximum Gasteiger partial charge on any atom is 0.0630 e. The molecule has 0 bridgehead atoms. The molecule has 1 fully saturated rings. The van der Waals surface area contributed by atoms with Gasteiger partial charge in [0.1, 0.15) is 0 Å². The average Bonchev–Trinajstić information content (AvgIpc) is 2.55. The van der Waals surface area contributed by atoms with E-state index >= 15 is 0 Å². The molecule has 1 aliphatic rings. The summed E-state index contributed by atoms with van der Waals surface area (Å²) in [6.07, 6.45) is 6.90. The molecule has 0 spiro atoms. The van der Waals surface area contributed by atoms with Crippen LogP contribution in [0, 0.1) is 5.92 Å². The van der Waals surface area contributed by atoms with Crippen molar-refractivity contribution in [3.05, 3.63) is 0 Å². The molecule has 1 saturated heterocycles. The van der Waals surface area contributed by atoms with E-state index in [0.717, 1.165) is 19.1 Å². The maximum atomic E-state index is 5.34. The summed E-state index contributed by atoms with van der Waals surface area (Å²) in [6, 6.07) is 0.547. The van der Waals surface area contributed by atoms with Crippen LogP contribution in [-0.2, 0) is 4.74 Å². The molecule has 0 aromatic heterocycles. The first-order valence-electron chi connectivity index (χ1n) is 7.19. The SMILES string of the molecule is CCCC1CCCN(C(CNC)COC)CC1. The van der Waals surface area contributed by atoms with Crippen molar-refractivity contribution in [2.45, 2.75) is 45.1 Å². The van der Waals surface area contributed by atoms with Gasteiger partial charge in [-0.2, -0.15) is 0 Å². The first kappa shape index (κ1) is 14.9. The second-order valence-corrected chi connectivity index (χ2v) is 5.29. The van der Waals surface area contributed by atoms with Crippen LogP contribution in [0.4, 0.5) is 0 Å². The number of nitrogens with one attached hydrogen (secondary N) is 1. The predicted molar refractivity (Wildman–Crippen MR) is 73.4 cm³/mol. The Balaban J connectivity index is 2.41. The van der Waals surface area contributed by atoms with Gasteiger partial charge >= 0.3 is 0 Å². The fourth-order valence-electron chi connectivity index (χ4n) is 2.97. The standard InChI is InChI=1S/C14H30N2O/c1-4-6-13-7-5-9-16(10-8-13)14(11-15-2)12-17-3/h13-15H,4-12H2,1-3H3. The molecule has 0 saturated carbocycles. The summed E-state index contributed by atoms with van der Waals surface area (Å²) < 4.78 is 5.34. The molecule has 0 aromatic carbocycles. The van der Waals surface area contributed by atoms with E-state index in [0.29, 0.717) is 6.04 Å². The van der Waals surface area contributed by atoms with Crippen molar-refractivity contribution < 1.29 is 4.74 Å². The third-order valence-corrected chi connectivity index (χ3v) is 3.89. The molecule has 1 N–H and O–H groups in total. The van der Waals surface area contributed by atoms with Crippen molar-refractivity contribution in [1.82, 2.24) is 10.2 Å². The van der Waals surface area contributed by atoms with Gasteiger partial charge in [0.15, 0.2) is 0 Å². The van der Waals surface area contributed by atoms with Gasteiger partial charge in [0.25, 0.3) is 0 Å². The van der Waals surface area contributed by atoms with Crippen molar-refractivity contribution in [2.24, 2.45) is 5.92 Å². The third-order valence-electron chi connectivity index (χ3n) is 3.89. The van der Waals surface area contributed by atoms with Crippen LogP contribution in [0.15, 0.2) is 0 Å². The number of methoxy groups -OCH3 is 1. The Morgan fingerprint density at radius 1 is 1.35 bits per heavy atom. The highest BCUT2D eigenvalue weighted by Crippen LogP contribution is 2.22. The summed E-state index contributed by atoms with van der Waals surface area (Å²) in [4.78, 5) is 2.62. The minimum Gasteiger partial charge on any atom is -0.383 e. The number of likely N-dealkylation sites (N-methyl/N-ethyl adjacent to an activating group) is 1. The summed E-state index contributed by atoms with van der Waals surface area (Å²) in [7, 11) is 3.83. The monoisotopic (exact) mass is 242 g/mol. The number of likely N-dealkylation sites (tertiary alicyclic amines) is 1. The normalized spacial score (nSPS) is 24.5. The van der Waals surface area contributed by atoms with E-state index in [1.165, 1.54) is 45.2 Å². The lowest BCUT2D eigenvalue weighted by molar-refractivity contribution is 0.0915. The first-order valence-corrected chi connectivity index (χ1v) is 7.19. The van der Waals surface area contributed by atoms with E-state index in [-0.39, 0.29) is 0 Å². The topological polar surface area (TPSA) is 24.5 Å². The van der Waals surface area contributed by atoms with Crippen LogP contribution >= 0.6 is 0 Å². The van der Waals surface area contributed by atoms with Crippen LogP contribution in [0.5, 0.6) is 0 Å². The molecule has 2 atom stereocenters. The molecule has 0 aliphatic carbocycles. The lowest BCUT2D eigenvalue weighted by Gasteiger charge is -2.30. The zero-order valence-electron chi connectivity index (χ0n) is 11.9. The molecule has 102 valence electrons. The molecule has 0 radical (unpaired) electrons. The second kappa shape index (κ2) is 8.90. The van der Waals surface area contributed by atoms with Gasteiger partial charge in [0, 0.05) is 19.7 Å². The van der Waals surface area contributed by atoms with Crippen LogP contribution < -0.4 is 5.32 Å². The van der Waals surface area contributed by atoms with Crippen molar-refractivity contribution in [2.75, 3.05) is 40.4 Å². The van der Waals surface area contributed by atoms with Gasteiger partial charge in [0.2, 0.25) is 0 Å². The largest absolute Gasteiger partial charge is 0.383 e. The van der Waals surface area contributed by atoms with E-state index in [1.54, 1.807) is 7.11 Å². The highest BCUT2D eigenvalue weighted by atomic mass is 16.5. The van der Waals surface area contributed by atoms with Gasteiger partial charge in [-0.1, -0.05) is 19.8 Å². The van der Waals surface area contributed by atoms with E-state index < -0.39 is 0 Å². The van der Waals surface area contributed by atoms with Crippen molar-refractivity contribution in [3.8, 4) is 0 Å². The van der Waals surface area contributed by atoms with Gasteiger partial charge in [-0.05, 0) is 45.3 Å². The molecule has 1 heterocycles. The number of ether oxygens (including phenoxy) is 1. The summed E-state index contributed by atoms with van der Waals surface area (Å²) in [5.74, 6) is 0.961. The lowest BCUT2D eigenvalue weighted by Crippen LogP contribution is -2.45. The van der Waals surface area contributed by atoms with E-state index in [4.69, 9.17) is 4.74 Å². The Morgan fingerprint density at radius 2 is 2.18 bits per heavy atom. The number of hydrogen-bond acceptors (Lipinski definition) is 3. The van der Waals surface area contributed by atoms with Crippen molar-refractivity contribution in [1.29, 1.82) is 0 Å². The minimum atomic E-state index is 0.547. The Hall–Kier alpha value is -0.120. The van der Waals surface area contributed by atoms with Gasteiger partial charge in [-0.15, -0.1) is 0 Å². The minimum absolute atomic E-state index is 0.547. The van der Waals surface area contributed by atoms with Crippen LogP contribution in [0.3, 0.4) is 0 Å². The molecule has 17 heavy (non-hydrogen) atoms. The molecule has 0 amide bonds. The summed E-state index contributed by atoms with van der Waals surface area (Å²) in [6.45, 7) is 6.68. The van der Waals surface area contributed by atoms with Crippen LogP contribution in [0.2, 0.25) is 0 Å². The van der Waals surface area contributed by atoms with Crippen LogP contribution in [0.1, 0.15) is 39.0 Å². The van der Waals surface area contributed by atoms with Crippen molar-refractivity contribution in [3.63, 3.8) is 0 Å². The van der Waals surface area contributed by atoms with E-state index in [1.807, 2.05) is 7.05 Å². The van der Waals surface area contributed by atoms with E-state index in [9.17, 15) is 0 Å². The number of hydrogen-bond donors (Lipinski definition) is 1. The third kappa shape index (κ3) is 5.36. The number of rotatable bonds is 7. The molecule has 2 unspecified atom stereocenters. The Morgan fingerprint density at radius 3 is 2.82 bits per heavy atom. The highest BCUT2D eigenvalue weighted by molar-refractivity contribution is 4.77. The van der Waals surface area contributed by atoms with E-state index in [2.05, 4.69) is 17.1 Å². The average molecular weight is 242 g/mol. The zero-order valence-corrected chi connectivity index (χ0v) is 11.9.